The summed E-state index contributed by atoms with van der Waals surface area (Å²) in [5.41, 5.74) is -4.05. The minimum Gasteiger partial charge on any atom is -0.484 e. The Morgan fingerprint density at radius 1 is 1.21 bits per heavy atom. The SMILES string of the molecule is COC(=O)C1=COC(SO)[C@@]2(C)[C@@H]1[C@H](O)[C@H](OC(=O)c1ccc(Br)cc1)[C@]2(C)O. The number of aliphatic hydroxyl groups is 2. The molecule has 1 fully saturated rings. The van der Waals surface area contributed by atoms with Crippen molar-refractivity contribution < 1.29 is 38.6 Å². The van der Waals surface area contributed by atoms with Gasteiger partial charge in [0.05, 0.1) is 29.9 Å². The molecular weight excluding hydrogens is 468 g/mol. The normalized spacial score (nSPS) is 35.9. The quantitative estimate of drug-likeness (QED) is 0.432. The number of hydrogen-bond donors (Lipinski definition) is 3. The molecule has 8 nitrogen and oxygen atoms in total. The van der Waals surface area contributed by atoms with Crippen molar-refractivity contribution in [1.82, 2.24) is 0 Å². The van der Waals surface area contributed by atoms with Gasteiger partial charge in [-0.15, -0.1) is 0 Å². The Bertz CT molecular complexity index is 839. The number of fused-ring (bicyclic) bond motifs is 1. The Labute approximate surface area is 180 Å². The molecule has 1 saturated carbocycles. The largest absolute Gasteiger partial charge is 0.484 e. The van der Waals surface area contributed by atoms with Gasteiger partial charge in [-0.25, -0.2) is 9.59 Å². The summed E-state index contributed by atoms with van der Waals surface area (Å²) in [5.74, 6) is -2.51. The fourth-order valence-corrected chi connectivity index (χ4v) is 5.08. The zero-order chi connectivity index (χ0) is 21.6. The number of rotatable bonds is 4. The maximum absolute atomic E-state index is 12.6. The first-order chi connectivity index (χ1) is 13.6. The number of carbonyl (C=O) groups is 2. The highest BCUT2D eigenvalue weighted by atomic mass is 79.9. The molecule has 0 bridgehead atoms. The number of methoxy groups -OCH3 is 1. The van der Waals surface area contributed by atoms with Crippen molar-refractivity contribution in [3.63, 3.8) is 0 Å². The van der Waals surface area contributed by atoms with Gasteiger partial charge in [0.2, 0.25) is 0 Å². The first-order valence-electron chi connectivity index (χ1n) is 8.70. The van der Waals surface area contributed by atoms with Crippen molar-refractivity contribution in [3.05, 3.63) is 46.1 Å². The maximum atomic E-state index is 12.6. The second-order valence-corrected chi connectivity index (χ2v) is 8.92. The molecule has 1 unspecified atom stereocenters. The molecule has 0 amide bonds. The summed E-state index contributed by atoms with van der Waals surface area (Å²) in [4.78, 5) is 24.9. The van der Waals surface area contributed by atoms with Crippen LogP contribution in [0, 0.1) is 11.3 Å². The first kappa shape index (κ1) is 22.1. The van der Waals surface area contributed by atoms with Crippen LogP contribution in [-0.4, -0.2) is 57.1 Å². The Morgan fingerprint density at radius 2 is 1.83 bits per heavy atom. The number of hydrogen-bond acceptors (Lipinski definition) is 9. The highest BCUT2D eigenvalue weighted by molar-refractivity contribution is 9.10. The third-order valence-electron chi connectivity index (χ3n) is 5.92. The number of halogens is 1. The van der Waals surface area contributed by atoms with Crippen LogP contribution in [0.15, 0.2) is 40.6 Å². The molecule has 0 radical (unpaired) electrons. The lowest BCUT2D eigenvalue weighted by Crippen LogP contribution is -2.56. The van der Waals surface area contributed by atoms with E-state index in [0.29, 0.717) is 12.0 Å². The lowest BCUT2D eigenvalue weighted by atomic mass is 9.68. The molecule has 29 heavy (non-hydrogen) atoms. The van der Waals surface area contributed by atoms with Gasteiger partial charge in [0, 0.05) is 22.4 Å². The van der Waals surface area contributed by atoms with Crippen LogP contribution in [-0.2, 0) is 19.0 Å². The molecule has 1 heterocycles. The lowest BCUT2D eigenvalue weighted by molar-refractivity contribution is -0.150. The maximum Gasteiger partial charge on any atom is 0.338 e. The van der Waals surface area contributed by atoms with Gasteiger partial charge < -0.3 is 29.0 Å². The van der Waals surface area contributed by atoms with Crippen LogP contribution in [0.4, 0.5) is 0 Å². The summed E-state index contributed by atoms with van der Waals surface area (Å²) in [6.07, 6.45) is -1.74. The second-order valence-electron chi connectivity index (χ2n) is 7.37. The fraction of sp³-hybridized carbons (Fsp3) is 0.474. The van der Waals surface area contributed by atoms with Gasteiger partial charge >= 0.3 is 11.9 Å². The predicted molar refractivity (Wildman–Crippen MR) is 107 cm³/mol. The van der Waals surface area contributed by atoms with E-state index in [1.165, 1.54) is 26.2 Å². The topological polar surface area (TPSA) is 123 Å². The highest BCUT2D eigenvalue weighted by Crippen LogP contribution is 2.60. The van der Waals surface area contributed by atoms with Crippen LogP contribution in [0.2, 0.25) is 0 Å². The monoisotopic (exact) mass is 488 g/mol. The molecule has 158 valence electrons. The van der Waals surface area contributed by atoms with Gasteiger partial charge in [-0.2, -0.15) is 0 Å². The molecule has 1 aliphatic carbocycles. The van der Waals surface area contributed by atoms with Crippen molar-refractivity contribution in [2.45, 2.75) is 37.1 Å². The average Bonchev–Trinajstić information content (AvgIpc) is 2.84. The van der Waals surface area contributed by atoms with Crippen LogP contribution < -0.4 is 0 Å². The molecule has 0 spiro atoms. The fourth-order valence-electron chi connectivity index (χ4n) is 4.11. The predicted octanol–water partition coefficient (Wildman–Crippen LogP) is 2.34. The van der Waals surface area contributed by atoms with Crippen LogP contribution in [0.5, 0.6) is 0 Å². The van der Waals surface area contributed by atoms with Gasteiger partial charge in [0.15, 0.2) is 11.5 Å². The molecule has 3 N–H and O–H groups in total. The average molecular weight is 489 g/mol. The third kappa shape index (κ3) is 3.36. The van der Waals surface area contributed by atoms with Crippen molar-refractivity contribution >= 4 is 39.9 Å². The van der Waals surface area contributed by atoms with Crippen molar-refractivity contribution in [3.8, 4) is 0 Å². The van der Waals surface area contributed by atoms with Gasteiger partial charge in [-0.05, 0) is 31.2 Å². The van der Waals surface area contributed by atoms with E-state index in [1.807, 2.05) is 0 Å². The van der Waals surface area contributed by atoms with Crippen LogP contribution in [0.3, 0.4) is 0 Å². The van der Waals surface area contributed by atoms with E-state index in [9.17, 15) is 24.4 Å². The van der Waals surface area contributed by atoms with Gasteiger partial charge in [-0.3, -0.25) is 0 Å². The second kappa shape index (κ2) is 7.92. The zero-order valence-electron chi connectivity index (χ0n) is 15.9. The highest BCUT2D eigenvalue weighted by Gasteiger charge is 2.72. The summed E-state index contributed by atoms with van der Waals surface area (Å²) < 4.78 is 26.2. The number of aliphatic hydroxyl groups excluding tert-OH is 1. The van der Waals surface area contributed by atoms with Gasteiger partial charge in [0.1, 0.15) is 11.7 Å². The van der Waals surface area contributed by atoms with Crippen LogP contribution in [0.1, 0.15) is 24.2 Å². The van der Waals surface area contributed by atoms with Gasteiger partial charge in [-0.1, -0.05) is 22.9 Å². The third-order valence-corrected chi connectivity index (χ3v) is 7.24. The molecule has 1 aromatic carbocycles. The van der Waals surface area contributed by atoms with Crippen molar-refractivity contribution in [2.24, 2.45) is 11.3 Å². The minimum absolute atomic E-state index is 0.0183. The summed E-state index contributed by atoms with van der Waals surface area (Å²) in [6.45, 7) is 2.93. The van der Waals surface area contributed by atoms with E-state index in [1.54, 1.807) is 19.1 Å². The Balaban J connectivity index is 2.00. The van der Waals surface area contributed by atoms with Crippen LogP contribution in [0.25, 0.3) is 0 Å². The summed E-state index contributed by atoms with van der Waals surface area (Å²) >= 11 is 3.61. The molecule has 1 aliphatic heterocycles. The zero-order valence-corrected chi connectivity index (χ0v) is 18.3. The first-order valence-corrected chi connectivity index (χ1v) is 10.3. The Kier molecular flexibility index (Phi) is 6.03. The van der Waals surface area contributed by atoms with E-state index < -0.39 is 46.5 Å². The molecule has 1 aromatic rings. The summed E-state index contributed by atoms with van der Waals surface area (Å²) in [7, 11) is 1.18. The van der Waals surface area contributed by atoms with E-state index >= 15 is 0 Å². The standard InChI is InChI=1S/C19H21BrO8S/c1-18-12(11(16(23)26-3)8-27-17(18)29-25)13(21)14(19(18,2)24)28-15(22)9-4-6-10(20)7-5-9/h4-8,12-14,17,21,24-25H,1-3H3/t12-,13-,14-,17?,18+,19-/m0/s1. The molecular formula is C19H21BrO8S. The smallest absolute Gasteiger partial charge is 0.338 e. The molecule has 10 heteroatoms. The molecule has 0 aromatic heterocycles. The van der Waals surface area contributed by atoms with Crippen LogP contribution >= 0.6 is 28.0 Å². The number of benzene rings is 1. The molecule has 2 aliphatic rings. The lowest BCUT2D eigenvalue weighted by Gasteiger charge is -2.47. The van der Waals surface area contributed by atoms with E-state index in [-0.39, 0.29) is 11.1 Å². The number of esters is 2. The van der Waals surface area contributed by atoms with Crippen molar-refractivity contribution in [1.29, 1.82) is 0 Å². The van der Waals surface area contributed by atoms with E-state index in [2.05, 4.69) is 15.9 Å². The van der Waals surface area contributed by atoms with E-state index in [0.717, 1.165) is 10.7 Å². The van der Waals surface area contributed by atoms with E-state index in [4.69, 9.17) is 14.2 Å². The molecule has 3 rings (SSSR count). The molecule has 6 atom stereocenters. The van der Waals surface area contributed by atoms with Crippen molar-refractivity contribution in [2.75, 3.05) is 7.11 Å². The van der Waals surface area contributed by atoms with Gasteiger partial charge in [0.25, 0.3) is 0 Å². The minimum atomic E-state index is -1.85. The Morgan fingerprint density at radius 3 is 2.38 bits per heavy atom. The summed E-state index contributed by atoms with van der Waals surface area (Å²) in [6, 6.07) is 6.38. The Hall–Kier alpha value is -1.59. The summed E-state index contributed by atoms with van der Waals surface area (Å²) in [5, 5.41) is 22.4. The number of ether oxygens (including phenoxy) is 3. The molecule has 0 saturated heterocycles. The number of carbonyl (C=O) groups excluding carboxylic acids is 2.